The van der Waals surface area contributed by atoms with E-state index in [2.05, 4.69) is 18.1 Å². The zero-order chi connectivity index (χ0) is 13.2. The van der Waals surface area contributed by atoms with Crippen molar-refractivity contribution >= 4 is 0 Å². The lowest BCUT2D eigenvalue weighted by molar-refractivity contribution is -0.0437. The largest absolute Gasteiger partial charge is 0.389 e. The smallest absolute Gasteiger partial charge is 0.0704 e. The highest BCUT2D eigenvalue weighted by Gasteiger charge is 2.34. The number of nitrogens with zero attached hydrogens (tertiary/aromatic N) is 2. The number of hydrogen-bond donors (Lipinski definition) is 1. The lowest BCUT2D eigenvalue weighted by atomic mass is 9.80. The highest BCUT2D eigenvalue weighted by molar-refractivity contribution is 5.12. The quantitative estimate of drug-likeness (QED) is 0.892. The maximum atomic E-state index is 10.7. The van der Waals surface area contributed by atoms with E-state index in [-0.39, 0.29) is 0 Å². The van der Waals surface area contributed by atoms with Gasteiger partial charge in [-0.2, -0.15) is 5.10 Å². The molecule has 0 unspecified atom stereocenters. The van der Waals surface area contributed by atoms with E-state index in [9.17, 15) is 5.11 Å². The molecule has 0 spiro atoms. The van der Waals surface area contributed by atoms with E-state index in [1.54, 1.807) is 7.11 Å². The van der Waals surface area contributed by atoms with Crippen LogP contribution in [0.25, 0.3) is 0 Å². The molecule has 0 saturated heterocycles. The van der Waals surface area contributed by atoms with Crippen molar-refractivity contribution in [2.75, 3.05) is 7.11 Å². The summed E-state index contributed by atoms with van der Waals surface area (Å²) in [5.74, 6) is 0. The van der Waals surface area contributed by atoms with Gasteiger partial charge in [-0.25, -0.2) is 0 Å². The third kappa shape index (κ3) is 2.93. The highest BCUT2D eigenvalue weighted by Crippen LogP contribution is 2.32. The number of aromatic nitrogens is 2. The Morgan fingerprint density at radius 2 is 2.17 bits per heavy atom. The average Bonchev–Trinajstić information content (AvgIpc) is 2.70. The molecular weight excluding hydrogens is 228 g/mol. The first-order chi connectivity index (χ1) is 8.56. The molecule has 0 radical (unpaired) electrons. The van der Waals surface area contributed by atoms with Gasteiger partial charge < -0.3 is 9.84 Å². The molecule has 0 aliphatic heterocycles. The van der Waals surface area contributed by atoms with Crippen LogP contribution in [-0.4, -0.2) is 33.7 Å². The van der Waals surface area contributed by atoms with Crippen molar-refractivity contribution in [3.63, 3.8) is 0 Å². The van der Waals surface area contributed by atoms with Crippen LogP contribution in [0.15, 0.2) is 6.07 Å². The minimum Gasteiger partial charge on any atom is -0.389 e. The molecule has 1 aliphatic rings. The molecule has 0 bridgehead atoms. The Bertz CT molecular complexity index is 392. The van der Waals surface area contributed by atoms with Gasteiger partial charge >= 0.3 is 0 Å². The van der Waals surface area contributed by atoms with Gasteiger partial charge in [0.25, 0.3) is 0 Å². The van der Waals surface area contributed by atoms with E-state index in [0.29, 0.717) is 12.5 Å². The van der Waals surface area contributed by atoms with Crippen molar-refractivity contribution in [2.45, 2.75) is 64.2 Å². The average molecular weight is 252 g/mol. The van der Waals surface area contributed by atoms with Gasteiger partial charge in [0.2, 0.25) is 0 Å². The first-order valence-electron chi connectivity index (χ1n) is 6.85. The van der Waals surface area contributed by atoms with Gasteiger partial charge in [0, 0.05) is 25.8 Å². The van der Waals surface area contributed by atoms with Gasteiger partial charge in [-0.1, -0.05) is 0 Å². The summed E-state index contributed by atoms with van der Waals surface area (Å²) < 4.78 is 7.35. The molecular formula is C14H24N2O2. The molecule has 2 rings (SSSR count). The molecule has 1 N–H and O–H groups in total. The highest BCUT2D eigenvalue weighted by atomic mass is 16.5. The molecule has 0 atom stereocenters. The van der Waals surface area contributed by atoms with Crippen LogP contribution < -0.4 is 0 Å². The summed E-state index contributed by atoms with van der Waals surface area (Å²) in [7, 11) is 1.75. The van der Waals surface area contributed by atoms with Crippen molar-refractivity contribution in [1.82, 2.24) is 9.78 Å². The number of methoxy groups -OCH3 is 1. The summed E-state index contributed by atoms with van der Waals surface area (Å²) in [4.78, 5) is 0. The zero-order valence-corrected chi connectivity index (χ0v) is 11.6. The van der Waals surface area contributed by atoms with E-state index in [1.165, 1.54) is 0 Å². The first-order valence-corrected chi connectivity index (χ1v) is 6.85. The van der Waals surface area contributed by atoms with E-state index in [1.807, 2.05) is 11.6 Å². The fraction of sp³-hybridized carbons (Fsp3) is 0.786. The zero-order valence-electron chi connectivity index (χ0n) is 11.6. The summed E-state index contributed by atoms with van der Waals surface area (Å²) in [6, 6.07) is 2.09. The molecule has 1 saturated carbocycles. The Labute approximate surface area is 109 Å². The Morgan fingerprint density at radius 1 is 1.50 bits per heavy atom. The molecule has 18 heavy (non-hydrogen) atoms. The molecule has 1 aliphatic carbocycles. The third-order valence-corrected chi connectivity index (χ3v) is 3.99. The Hall–Kier alpha value is -0.870. The number of ether oxygens (including phenoxy) is 1. The minimum absolute atomic E-state index is 0.322. The molecule has 1 aromatic rings. The van der Waals surface area contributed by atoms with Gasteiger partial charge in [0.05, 0.1) is 17.4 Å². The van der Waals surface area contributed by atoms with Crippen LogP contribution in [0.4, 0.5) is 0 Å². The standard InChI is InChI=1S/C14H24N2O2/c1-4-16-12(9-11(2)15-16)10-14(17)7-5-13(18-3)6-8-14/h9,13,17H,4-8,10H2,1-3H3. The normalized spacial score (nSPS) is 28.6. The molecule has 4 nitrogen and oxygen atoms in total. The monoisotopic (exact) mass is 252 g/mol. The van der Waals surface area contributed by atoms with E-state index in [4.69, 9.17) is 4.74 Å². The summed E-state index contributed by atoms with van der Waals surface area (Å²) in [6.45, 7) is 4.95. The van der Waals surface area contributed by atoms with Gasteiger partial charge in [-0.05, 0) is 45.6 Å². The second-order valence-corrected chi connectivity index (χ2v) is 5.43. The van der Waals surface area contributed by atoms with Gasteiger partial charge in [0.15, 0.2) is 0 Å². The number of rotatable bonds is 4. The third-order valence-electron chi connectivity index (χ3n) is 3.99. The maximum absolute atomic E-state index is 10.7. The minimum atomic E-state index is -0.575. The van der Waals surface area contributed by atoms with Gasteiger partial charge in [-0.15, -0.1) is 0 Å². The van der Waals surface area contributed by atoms with Gasteiger partial charge in [-0.3, -0.25) is 4.68 Å². The molecule has 102 valence electrons. The Kier molecular flexibility index (Phi) is 4.07. The maximum Gasteiger partial charge on any atom is 0.0704 e. The van der Waals surface area contributed by atoms with Crippen LogP contribution in [0.3, 0.4) is 0 Å². The number of aryl methyl sites for hydroxylation is 2. The van der Waals surface area contributed by atoms with Crippen LogP contribution in [-0.2, 0) is 17.7 Å². The van der Waals surface area contributed by atoms with Crippen molar-refractivity contribution in [1.29, 1.82) is 0 Å². The fourth-order valence-electron chi connectivity index (χ4n) is 2.89. The second kappa shape index (κ2) is 5.41. The van der Waals surface area contributed by atoms with Crippen LogP contribution in [0.5, 0.6) is 0 Å². The summed E-state index contributed by atoms with van der Waals surface area (Å²) in [5.41, 5.74) is 1.60. The topological polar surface area (TPSA) is 47.3 Å². The summed E-state index contributed by atoms with van der Waals surface area (Å²) in [5, 5.41) is 15.1. The molecule has 1 heterocycles. The van der Waals surface area contributed by atoms with Crippen molar-refractivity contribution in [3.05, 3.63) is 17.5 Å². The molecule has 1 fully saturated rings. The first kappa shape index (κ1) is 13.6. The summed E-state index contributed by atoms with van der Waals surface area (Å²) in [6.07, 6.45) is 4.57. The van der Waals surface area contributed by atoms with Crippen molar-refractivity contribution in [2.24, 2.45) is 0 Å². The van der Waals surface area contributed by atoms with Gasteiger partial charge in [0.1, 0.15) is 0 Å². The molecule has 0 amide bonds. The lowest BCUT2D eigenvalue weighted by Crippen LogP contribution is -2.38. The van der Waals surface area contributed by atoms with Crippen LogP contribution in [0.1, 0.15) is 44.0 Å². The van der Waals surface area contributed by atoms with Crippen molar-refractivity contribution < 1.29 is 9.84 Å². The van der Waals surface area contributed by atoms with E-state index in [0.717, 1.165) is 43.6 Å². The number of hydrogen-bond acceptors (Lipinski definition) is 3. The predicted molar refractivity (Wildman–Crippen MR) is 70.6 cm³/mol. The Balaban J connectivity index is 2.04. The summed E-state index contributed by atoms with van der Waals surface area (Å²) >= 11 is 0. The molecule has 0 aromatic carbocycles. The Morgan fingerprint density at radius 3 is 2.72 bits per heavy atom. The van der Waals surface area contributed by atoms with Crippen LogP contribution >= 0.6 is 0 Å². The SMILES string of the molecule is CCn1nc(C)cc1CC1(O)CCC(OC)CC1. The fourth-order valence-corrected chi connectivity index (χ4v) is 2.89. The second-order valence-electron chi connectivity index (χ2n) is 5.43. The van der Waals surface area contributed by atoms with E-state index >= 15 is 0 Å². The van der Waals surface area contributed by atoms with Crippen LogP contribution in [0.2, 0.25) is 0 Å². The van der Waals surface area contributed by atoms with E-state index < -0.39 is 5.60 Å². The van der Waals surface area contributed by atoms with Crippen LogP contribution in [0, 0.1) is 6.92 Å². The molecule has 4 heteroatoms. The predicted octanol–water partition coefficient (Wildman–Crippen LogP) is 2.07. The lowest BCUT2D eigenvalue weighted by Gasteiger charge is -2.35. The van der Waals surface area contributed by atoms with Crippen molar-refractivity contribution in [3.8, 4) is 0 Å². The number of aliphatic hydroxyl groups is 1. The molecule has 1 aromatic heterocycles.